The van der Waals surface area contributed by atoms with E-state index in [4.69, 9.17) is 15.2 Å². The molecule has 0 amide bonds. The fraction of sp³-hybridized carbons (Fsp3) is 0.462. The molecule has 0 heterocycles. The van der Waals surface area contributed by atoms with Crippen LogP contribution in [-0.2, 0) is 4.74 Å². The van der Waals surface area contributed by atoms with Crippen molar-refractivity contribution in [2.24, 2.45) is 0 Å². The number of nitrogen functional groups attached to an aromatic ring is 1. The molecule has 4 heteroatoms. The summed E-state index contributed by atoms with van der Waals surface area (Å²) in [5.41, 5.74) is 6.00. The van der Waals surface area contributed by atoms with Gasteiger partial charge in [-0.1, -0.05) is 0 Å². The Hall–Kier alpha value is -1.71. The topological polar surface area (TPSA) is 61.5 Å². The van der Waals surface area contributed by atoms with Crippen molar-refractivity contribution in [2.75, 3.05) is 12.3 Å². The summed E-state index contributed by atoms with van der Waals surface area (Å²) in [5, 5.41) is 0. The number of nitrogens with two attached hydrogens (primary N) is 1. The minimum absolute atomic E-state index is 0.363. The van der Waals surface area contributed by atoms with Gasteiger partial charge in [-0.3, -0.25) is 0 Å². The molecule has 0 aliphatic rings. The quantitative estimate of drug-likeness (QED) is 0.648. The van der Waals surface area contributed by atoms with Crippen molar-refractivity contribution in [3.05, 3.63) is 23.8 Å². The van der Waals surface area contributed by atoms with Crippen molar-refractivity contribution in [3.63, 3.8) is 0 Å². The Morgan fingerprint density at radius 2 is 2.00 bits per heavy atom. The molecule has 4 nitrogen and oxygen atoms in total. The van der Waals surface area contributed by atoms with Gasteiger partial charge in [0.25, 0.3) is 0 Å². The van der Waals surface area contributed by atoms with Crippen LogP contribution in [0.25, 0.3) is 0 Å². The maximum Gasteiger partial charge on any atom is 0.342 e. The average molecular weight is 237 g/mol. The van der Waals surface area contributed by atoms with E-state index < -0.39 is 11.6 Å². The first kappa shape index (κ1) is 13.4. The molecule has 0 aromatic heterocycles. The predicted octanol–water partition coefficient (Wildman–Crippen LogP) is 2.62. The number of anilines is 1. The van der Waals surface area contributed by atoms with E-state index in [2.05, 4.69) is 0 Å². The van der Waals surface area contributed by atoms with Crippen LogP contribution in [0.2, 0.25) is 0 Å². The molecule has 17 heavy (non-hydrogen) atoms. The van der Waals surface area contributed by atoms with Gasteiger partial charge in [-0.25, -0.2) is 4.79 Å². The molecule has 1 aromatic carbocycles. The van der Waals surface area contributed by atoms with Crippen molar-refractivity contribution in [1.82, 2.24) is 0 Å². The minimum Gasteiger partial charge on any atom is -0.493 e. The third-order valence-corrected chi connectivity index (χ3v) is 1.92. The van der Waals surface area contributed by atoms with E-state index in [1.807, 2.05) is 27.7 Å². The lowest BCUT2D eigenvalue weighted by Crippen LogP contribution is -2.24. The van der Waals surface area contributed by atoms with Gasteiger partial charge in [0.2, 0.25) is 0 Å². The summed E-state index contributed by atoms with van der Waals surface area (Å²) in [6.45, 7) is 7.79. The van der Waals surface area contributed by atoms with Crippen LogP contribution >= 0.6 is 0 Å². The number of carbonyl (C=O) groups is 1. The Morgan fingerprint density at radius 3 is 2.53 bits per heavy atom. The molecule has 0 aliphatic heterocycles. The first-order valence-corrected chi connectivity index (χ1v) is 5.59. The Morgan fingerprint density at radius 1 is 1.35 bits per heavy atom. The van der Waals surface area contributed by atoms with Gasteiger partial charge in [-0.2, -0.15) is 0 Å². The van der Waals surface area contributed by atoms with Gasteiger partial charge in [0.15, 0.2) is 0 Å². The van der Waals surface area contributed by atoms with Crippen molar-refractivity contribution in [1.29, 1.82) is 0 Å². The Labute approximate surface area is 102 Å². The standard InChI is InChI=1S/C13H19NO3/c1-5-16-11-7-6-9(14)8-10(11)12(15)17-13(2,3)4/h6-8H,5,14H2,1-4H3. The van der Waals surface area contributed by atoms with E-state index in [-0.39, 0.29) is 0 Å². The monoisotopic (exact) mass is 237 g/mol. The van der Waals surface area contributed by atoms with Gasteiger partial charge in [-0.05, 0) is 45.9 Å². The van der Waals surface area contributed by atoms with Crippen LogP contribution in [0, 0.1) is 0 Å². The zero-order valence-electron chi connectivity index (χ0n) is 10.7. The van der Waals surface area contributed by atoms with Crippen LogP contribution in [0.3, 0.4) is 0 Å². The summed E-state index contributed by atoms with van der Waals surface area (Å²) < 4.78 is 10.7. The highest BCUT2D eigenvalue weighted by Gasteiger charge is 2.21. The molecule has 0 radical (unpaired) electrons. The van der Waals surface area contributed by atoms with E-state index in [0.717, 1.165) is 0 Å². The number of hydrogen-bond acceptors (Lipinski definition) is 4. The van der Waals surface area contributed by atoms with Crippen molar-refractivity contribution >= 4 is 11.7 Å². The van der Waals surface area contributed by atoms with E-state index in [1.54, 1.807) is 18.2 Å². The summed E-state index contributed by atoms with van der Waals surface area (Å²) in [4.78, 5) is 12.0. The Balaban J connectivity index is 3.02. The SMILES string of the molecule is CCOc1ccc(N)cc1C(=O)OC(C)(C)C. The lowest BCUT2D eigenvalue weighted by Gasteiger charge is -2.20. The highest BCUT2D eigenvalue weighted by molar-refractivity contribution is 5.93. The van der Waals surface area contributed by atoms with Crippen LogP contribution in [0.15, 0.2) is 18.2 Å². The minimum atomic E-state index is -0.537. The smallest absolute Gasteiger partial charge is 0.342 e. The third kappa shape index (κ3) is 3.98. The largest absolute Gasteiger partial charge is 0.493 e. The maximum absolute atomic E-state index is 12.0. The van der Waals surface area contributed by atoms with Crippen LogP contribution in [0.4, 0.5) is 5.69 Å². The summed E-state index contributed by atoms with van der Waals surface area (Å²) >= 11 is 0. The second-order valence-corrected chi connectivity index (χ2v) is 4.69. The fourth-order valence-corrected chi connectivity index (χ4v) is 1.32. The zero-order valence-corrected chi connectivity index (χ0v) is 10.7. The summed E-state index contributed by atoms with van der Waals surface area (Å²) in [6.07, 6.45) is 0. The van der Waals surface area contributed by atoms with E-state index >= 15 is 0 Å². The van der Waals surface area contributed by atoms with Gasteiger partial charge in [0.1, 0.15) is 16.9 Å². The Bertz CT molecular complexity index is 408. The van der Waals surface area contributed by atoms with Gasteiger partial charge in [-0.15, -0.1) is 0 Å². The lowest BCUT2D eigenvalue weighted by atomic mass is 10.1. The third-order valence-electron chi connectivity index (χ3n) is 1.92. The number of carbonyl (C=O) groups excluding carboxylic acids is 1. The predicted molar refractivity (Wildman–Crippen MR) is 67.2 cm³/mol. The molecule has 0 aliphatic carbocycles. The molecule has 0 atom stereocenters. The van der Waals surface area contributed by atoms with E-state index in [9.17, 15) is 4.79 Å². The highest BCUT2D eigenvalue weighted by atomic mass is 16.6. The summed E-state index contributed by atoms with van der Waals surface area (Å²) in [5.74, 6) is 0.0733. The molecule has 0 saturated carbocycles. The molecule has 2 N–H and O–H groups in total. The maximum atomic E-state index is 12.0. The van der Waals surface area contributed by atoms with Crippen molar-refractivity contribution in [3.8, 4) is 5.75 Å². The second kappa shape index (κ2) is 5.08. The first-order chi connectivity index (χ1) is 7.83. The Kier molecular flexibility index (Phi) is 3.99. The van der Waals surface area contributed by atoms with Gasteiger partial charge in [0.05, 0.1) is 6.61 Å². The van der Waals surface area contributed by atoms with Crippen LogP contribution in [0.1, 0.15) is 38.1 Å². The van der Waals surface area contributed by atoms with Gasteiger partial charge >= 0.3 is 5.97 Å². The van der Waals surface area contributed by atoms with E-state index in [0.29, 0.717) is 23.6 Å². The molecular formula is C13H19NO3. The summed E-state index contributed by atoms with van der Waals surface area (Å²) in [6, 6.07) is 4.94. The number of hydrogen-bond donors (Lipinski definition) is 1. The lowest BCUT2D eigenvalue weighted by molar-refractivity contribution is 0.00661. The van der Waals surface area contributed by atoms with Crippen LogP contribution < -0.4 is 10.5 Å². The second-order valence-electron chi connectivity index (χ2n) is 4.69. The molecular weight excluding hydrogens is 218 g/mol. The normalized spacial score (nSPS) is 11.1. The number of rotatable bonds is 3. The van der Waals surface area contributed by atoms with Crippen molar-refractivity contribution < 1.29 is 14.3 Å². The average Bonchev–Trinajstić information content (AvgIpc) is 2.18. The molecule has 94 valence electrons. The first-order valence-electron chi connectivity index (χ1n) is 5.59. The van der Waals surface area contributed by atoms with Crippen molar-refractivity contribution in [2.45, 2.75) is 33.3 Å². The summed E-state index contributed by atoms with van der Waals surface area (Å²) in [7, 11) is 0. The molecule has 0 saturated heterocycles. The van der Waals surface area contributed by atoms with Gasteiger partial charge < -0.3 is 15.2 Å². The highest BCUT2D eigenvalue weighted by Crippen LogP contribution is 2.24. The number of esters is 1. The number of benzene rings is 1. The van der Waals surface area contributed by atoms with Gasteiger partial charge in [0, 0.05) is 5.69 Å². The van der Waals surface area contributed by atoms with E-state index in [1.165, 1.54) is 0 Å². The molecule has 0 spiro atoms. The van der Waals surface area contributed by atoms with Crippen LogP contribution in [0.5, 0.6) is 5.75 Å². The molecule has 1 rings (SSSR count). The van der Waals surface area contributed by atoms with Crippen LogP contribution in [-0.4, -0.2) is 18.2 Å². The molecule has 0 bridgehead atoms. The molecule has 0 unspecified atom stereocenters. The zero-order chi connectivity index (χ0) is 13.1. The molecule has 0 fully saturated rings. The fourth-order valence-electron chi connectivity index (χ4n) is 1.32. The molecule has 1 aromatic rings. The number of ether oxygens (including phenoxy) is 2.